The predicted octanol–water partition coefficient (Wildman–Crippen LogP) is 4.00. The van der Waals surface area contributed by atoms with Gasteiger partial charge >= 0.3 is 12.1 Å². The number of rotatable bonds is 5. The van der Waals surface area contributed by atoms with Gasteiger partial charge < -0.3 is 10.6 Å². The van der Waals surface area contributed by atoms with Gasteiger partial charge in [-0.3, -0.25) is 10.6 Å². The normalized spacial score (nSPS) is 22.6. The smallest absolute Gasteiger partial charge is 0.320 e. The van der Waals surface area contributed by atoms with Crippen LogP contribution < -0.4 is 21.3 Å². The lowest BCUT2D eigenvalue weighted by Crippen LogP contribution is -2.51. The maximum atomic E-state index is 12.4. The molecule has 2 atom stereocenters. The summed E-state index contributed by atoms with van der Waals surface area (Å²) in [5, 5.41) is 11.6. The van der Waals surface area contributed by atoms with E-state index in [1.807, 2.05) is 12.1 Å². The second-order valence-corrected chi connectivity index (χ2v) is 9.09. The number of amides is 4. The van der Waals surface area contributed by atoms with Crippen molar-refractivity contribution in [3.63, 3.8) is 0 Å². The quantitative estimate of drug-likeness (QED) is 0.597. The maximum absolute atomic E-state index is 12.4. The van der Waals surface area contributed by atoms with E-state index in [2.05, 4.69) is 52.0 Å². The van der Waals surface area contributed by atoms with Crippen LogP contribution in [-0.2, 0) is 0 Å². The van der Waals surface area contributed by atoms with Crippen LogP contribution in [0.25, 0.3) is 0 Å². The number of hydrogen-bond acceptors (Lipinski definition) is 4. The van der Waals surface area contributed by atoms with Gasteiger partial charge in [-0.15, -0.1) is 0 Å². The van der Waals surface area contributed by atoms with Crippen molar-refractivity contribution in [3.05, 3.63) is 48.8 Å². The van der Waals surface area contributed by atoms with Gasteiger partial charge in [-0.25, -0.2) is 19.6 Å². The molecule has 3 rings (SSSR count). The SMILES string of the molecule is CC1(C)CC(NC(=O)Nc2ccccn2)CC(C)(CNC(=O)Nc2ccccn2)C1. The van der Waals surface area contributed by atoms with Crippen molar-refractivity contribution >= 4 is 23.7 Å². The molecule has 2 unspecified atom stereocenters. The van der Waals surface area contributed by atoms with Crippen molar-refractivity contribution < 1.29 is 9.59 Å². The fourth-order valence-electron chi connectivity index (χ4n) is 4.54. The van der Waals surface area contributed by atoms with E-state index in [1.165, 1.54) is 0 Å². The van der Waals surface area contributed by atoms with E-state index in [4.69, 9.17) is 0 Å². The Labute approximate surface area is 177 Å². The molecule has 1 aliphatic rings. The topological polar surface area (TPSA) is 108 Å². The van der Waals surface area contributed by atoms with Crippen LogP contribution in [0.4, 0.5) is 21.2 Å². The first kappa shape index (κ1) is 21.5. The average Bonchev–Trinajstić information content (AvgIpc) is 2.66. The first-order valence-corrected chi connectivity index (χ1v) is 10.2. The number of carbonyl (C=O) groups excluding carboxylic acids is 2. The van der Waals surface area contributed by atoms with E-state index in [1.54, 1.807) is 36.7 Å². The van der Waals surface area contributed by atoms with E-state index in [-0.39, 0.29) is 28.9 Å². The molecule has 4 amide bonds. The van der Waals surface area contributed by atoms with Gasteiger partial charge in [-0.1, -0.05) is 32.9 Å². The molecule has 1 fully saturated rings. The van der Waals surface area contributed by atoms with Crippen LogP contribution in [-0.4, -0.2) is 34.6 Å². The number of anilines is 2. The Morgan fingerprint density at radius 2 is 1.53 bits per heavy atom. The monoisotopic (exact) mass is 410 g/mol. The van der Waals surface area contributed by atoms with E-state index < -0.39 is 0 Å². The number of hydrogen-bond donors (Lipinski definition) is 4. The minimum absolute atomic E-state index is 0.00288. The molecule has 0 saturated heterocycles. The Kier molecular flexibility index (Phi) is 6.54. The fourth-order valence-corrected chi connectivity index (χ4v) is 4.54. The molecular weight excluding hydrogens is 380 g/mol. The Morgan fingerprint density at radius 3 is 2.10 bits per heavy atom. The van der Waals surface area contributed by atoms with Crippen molar-refractivity contribution in [2.24, 2.45) is 10.8 Å². The van der Waals surface area contributed by atoms with Gasteiger partial charge in [0.15, 0.2) is 0 Å². The zero-order valence-electron chi connectivity index (χ0n) is 17.7. The van der Waals surface area contributed by atoms with E-state index in [0.29, 0.717) is 18.2 Å². The molecule has 30 heavy (non-hydrogen) atoms. The highest BCUT2D eigenvalue weighted by Crippen LogP contribution is 2.45. The molecule has 1 saturated carbocycles. The molecule has 0 aromatic carbocycles. The molecule has 4 N–H and O–H groups in total. The first-order valence-electron chi connectivity index (χ1n) is 10.2. The Bertz CT molecular complexity index is 858. The molecule has 2 heterocycles. The molecule has 160 valence electrons. The zero-order chi connectivity index (χ0) is 21.6. The molecule has 2 aromatic rings. The standard InChI is InChI=1S/C22H30N6O2/c1-21(2)12-16(26-20(30)28-18-9-5-7-11-24-18)13-22(3,14-21)15-25-19(29)27-17-8-4-6-10-23-17/h4-11,16H,12-15H2,1-3H3,(H2,23,25,27,29)(H2,24,26,28,30). The zero-order valence-corrected chi connectivity index (χ0v) is 17.7. The van der Waals surface area contributed by atoms with E-state index >= 15 is 0 Å². The summed E-state index contributed by atoms with van der Waals surface area (Å²) in [7, 11) is 0. The molecule has 0 bridgehead atoms. The average molecular weight is 411 g/mol. The van der Waals surface area contributed by atoms with Crippen molar-refractivity contribution in [2.75, 3.05) is 17.2 Å². The number of pyridine rings is 2. The van der Waals surface area contributed by atoms with Crippen LogP contribution >= 0.6 is 0 Å². The largest absolute Gasteiger partial charge is 0.337 e. The number of carbonyl (C=O) groups is 2. The van der Waals surface area contributed by atoms with Gasteiger partial charge in [-0.2, -0.15) is 0 Å². The fraction of sp³-hybridized carbons (Fsp3) is 0.455. The summed E-state index contributed by atoms with van der Waals surface area (Å²) >= 11 is 0. The van der Waals surface area contributed by atoms with Gasteiger partial charge in [0.05, 0.1) is 0 Å². The first-order chi connectivity index (χ1) is 14.2. The van der Waals surface area contributed by atoms with Crippen LogP contribution in [0.15, 0.2) is 48.8 Å². The van der Waals surface area contributed by atoms with Crippen molar-refractivity contribution in [1.82, 2.24) is 20.6 Å². The van der Waals surface area contributed by atoms with Gasteiger partial charge in [0, 0.05) is 25.0 Å². The molecule has 0 aliphatic heterocycles. The summed E-state index contributed by atoms with van der Waals surface area (Å²) in [6.45, 7) is 7.06. The van der Waals surface area contributed by atoms with E-state index in [9.17, 15) is 9.59 Å². The lowest BCUT2D eigenvalue weighted by atomic mass is 9.62. The van der Waals surface area contributed by atoms with Gasteiger partial charge in [-0.05, 0) is 54.4 Å². The molecule has 0 spiro atoms. The van der Waals surface area contributed by atoms with E-state index in [0.717, 1.165) is 19.3 Å². The summed E-state index contributed by atoms with van der Waals surface area (Å²) in [4.78, 5) is 32.9. The second-order valence-electron chi connectivity index (χ2n) is 9.09. The van der Waals surface area contributed by atoms with Crippen LogP contribution in [0.1, 0.15) is 40.0 Å². The maximum Gasteiger partial charge on any atom is 0.320 e. The highest BCUT2D eigenvalue weighted by molar-refractivity contribution is 5.88. The molecule has 0 radical (unpaired) electrons. The van der Waals surface area contributed by atoms with Crippen molar-refractivity contribution in [2.45, 2.75) is 46.1 Å². The highest BCUT2D eigenvalue weighted by atomic mass is 16.2. The van der Waals surface area contributed by atoms with Gasteiger partial charge in [0.2, 0.25) is 0 Å². The molecule has 1 aliphatic carbocycles. The third kappa shape index (κ3) is 6.43. The van der Waals surface area contributed by atoms with Crippen LogP contribution in [0, 0.1) is 10.8 Å². The van der Waals surface area contributed by atoms with Crippen molar-refractivity contribution in [1.29, 1.82) is 0 Å². The second kappa shape index (κ2) is 9.11. The summed E-state index contributed by atoms with van der Waals surface area (Å²) < 4.78 is 0. The third-order valence-electron chi connectivity index (χ3n) is 5.27. The molecular formula is C22H30N6O2. The van der Waals surface area contributed by atoms with Crippen LogP contribution in [0.5, 0.6) is 0 Å². The lowest BCUT2D eigenvalue weighted by molar-refractivity contribution is 0.0761. The lowest BCUT2D eigenvalue weighted by Gasteiger charge is -2.46. The Balaban J connectivity index is 1.56. The van der Waals surface area contributed by atoms with Gasteiger partial charge in [0.1, 0.15) is 11.6 Å². The minimum Gasteiger partial charge on any atom is -0.337 e. The minimum atomic E-state index is -0.282. The summed E-state index contributed by atoms with van der Waals surface area (Å²) in [5.74, 6) is 1.02. The van der Waals surface area contributed by atoms with Crippen molar-refractivity contribution in [3.8, 4) is 0 Å². The predicted molar refractivity (Wildman–Crippen MR) is 117 cm³/mol. The number of aromatic nitrogens is 2. The number of urea groups is 2. The summed E-state index contributed by atoms with van der Waals surface area (Å²) in [6, 6.07) is 10.2. The highest BCUT2D eigenvalue weighted by Gasteiger charge is 2.41. The number of nitrogens with zero attached hydrogens (tertiary/aromatic N) is 2. The van der Waals surface area contributed by atoms with Crippen LogP contribution in [0.2, 0.25) is 0 Å². The van der Waals surface area contributed by atoms with Crippen LogP contribution in [0.3, 0.4) is 0 Å². The molecule has 8 nitrogen and oxygen atoms in total. The molecule has 2 aromatic heterocycles. The molecule has 8 heteroatoms. The third-order valence-corrected chi connectivity index (χ3v) is 5.27. The summed E-state index contributed by atoms with van der Waals surface area (Å²) in [5.41, 5.74) is -0.110. The van der Waals surface area contributed by atoms with Gasteiger partial charge in [0.25, 0.3) is 0 Å². The number of nitrogens with one attached hydrogen (secondary N) is 4. The summed E-state index contributed by atoms with van der Waals surface area (Å²) in [6.07, 6.45) is 5.86. The Hall–Kier alpha value is -3.16. The Morgan fingerprint density at radius 1 is 0.933 bits per heavy atom.